The van der Waals surface area contributed by atoms with Crippen LogP contribution in [0.5, 0.6) is 11.5 Å². The van der Waals surface area contributed by atoms with Crippen molar-refractivity contribution < 1.29 is 14.3 Å². The molecule has 1 aliphatic heterocycles. The Hall–Kier alpha value is -3.33. The maximum Gasteiger partial charge on any atom is 0.262 e. The molecule has 2 heterocycles. The van der Waals surface area contributed by atoms with Gasteiger partial charge in [0.15, 0.2) is 11.5 Å². The fraction of sp³-hybridized carbons (Fsp3) is 0.118. The zero-order valence-electron chi connectivity index (χ0n) is 12.2. The van der Waals surface area contributed by atoms with Crippen LogP contribution < -0.4 is 14.8 Å². The maximum atomic E-state index is 12.1. The van der Waals surface area contributed by atoms with Gasteiger partial charge < -0.3 is 14.8 Å². The van der Waals surface area contributed by atoms with Crippen LogP contribution in [0.2, 0.25) is 0 Å². The van der Waals surface area contributed by atoms with Crippen molar-refractivity contribution in [2.75, 3.05) is 6.79 Å². The maximum absolute atomic E-state index is 12.1. The molecule has 1 aromatic heterocycles. The molecule has 0 unspecified atom stereocenters. The normalized spacial score (nSPS) is 12.6. The molecule has 1 aromatic carbocycles. The zero-order valence-corrected chi connectivity index (χ0v) is 12.2. The minimum absolute atomic E-state index is 0.0137. The summed E-state index contributed by atoms with van der Waals surface area (Å²) in [6, 6.07) is 12.6. The third kappa shape index (κ3) is 3.47. The van der Waals surface area contributed by atoms with E-state index in [2.05, 4.69) is 10.3 Å². The minimum atomic E-state index is -0.448. The summed E-state index contributed by atoms with van der Waals surface area (Å²) in [7, 11) is 0. The lowest BCUT2D eigenvalue weighted by molar-refractivity contribution is -0.117. The molecule has 3 rings (SSSR count). The molecule has 0 radical (unpaired) electrons. The fourth-order valence-corrected chi connectivity index (χ4v) is 2.09. The van der Waals surface area contributed by atoms with Gasteiger partial charge in [0.25, 0.3) is 5.91 Å². The fourth-order valence-electron chi connectivity index (χ4n) is 2.09. The lowest BCUT2D eigenvalue weighted by Gasteiger charge is -2.04. The van der Waals surface area contributed by atoms with Crippen LogP contribution in [-0.4, -0.2) is 17.7 Å². The number of aromatic nitrogens is 1. The van der Waals surface area contributed by atoms with Crippen molar-refractivity contribution >= 4 is 12.0 Å². The first-order chi connectivity index (χ1) is 11.3. The van der Waals surface area contributed by atoms with Crippen molar-refractivity contribution in [3.05, 3.63) is 59.4 Å². The van der Waals surface area contributed by atoms with Gasteiger partial charge in [-0.15, -0.1) is 0 Å². The van der Waals surface area contributed by atoms with Gasteiger partial charge in [0.2, 0.25) is 6.79 Å². The molecule has 0 atom stereocenters. The lowest BCUT2D eigenvalue weighted by atomic mass is 10.1. The first-order valence-electron chi connectivity index (χ1n) is 6.96. The van der Waals surface area contributed by atoms with Gasteiger partial charge in [-0.2, -0.15) is 5.26 Å². The molecule has 0 fully saturated rings. The summed E-state index contributed by atoms with van der Waals surface area (Å²) in [5, 5.41) is 11.9. The van der Waals surface area contributed by atoms with Crippen molar-refractivity contribution in [2.45, 2.75) is 6.54 Å². The second kappa shape index (κ2) is 6.62. The molecular weight excluding hydrogens is 294 g/mol. The average molecular weight is 307 g/mol. The van der Waals surface area contributed by atoms with Crippen LogP contribution >= 0.6 is 0 Å². The number of nitrogens with zero attached hydrogens (tertiary/aromatic N) is 2. The van der Waals surface area contributed by atoms with E-state index in [-0.39, 0.29) is 18.9 Å². The number of amides is 1. The molecule has 0 saturated carbocycles. The number of rotatable bonds is 4. The first-order valence-corrected chi connectivity index (χ1v) is 6.96. The van der Waals surface area contributed by atoms with Gasteiger partial charge in [-0.05, 0) is 35.9 Å². The van der Waals surface area contributed by atoms with Gasteiger partial charge >= 0.3 is 0 Å². The van der Waals surface area contributed by atoms with Gasteiger partial charge in [-0.25, -0.2) is 0 Å². The SMILES string of the molecule is N#C/C(=C\c1ccc2c(c1)OCO2)C(=O)NCc1ccccn1. The minimum Gasteiger partial charge on any atom is -0.454 e. The van der Waals surface area contributed by atoms with Crippen molar-refractivity contribution in [2.24, 2.45) is 0 Å². The Kier molecular flexibility index (Phi) is 4.20. The van der Waals surface area contributed by atoms with E-state index in [1.165, 1.54) is 6.08 Å². The van der Waals surface area contributed by atoms with Crippen molar-refractivity contribution in [3.63, 3.8) is 0 Å². The Balaban J connectivity index is 1.71. The highest BCUT2D eigenvalue weighted by Crippen LogP contribution is 2.33. The highest BCUT2D eigenvalue weighted by Gasteiger charge is 2.14. The number of nitrogens with one attached hydrogen (secondary N) is 1. The summed E-state index contributed by atoms with van der Waals surface area (Å²) in [5.74, 6) is 0.806. The third-order valence-electron chi connectivity index (χ3n) is 3.23. The Morgan fingerprint density at radius 2 is 2.17 bits per heavy atom. The Labute approximate surface area is 133 Å². The Morgan fingerprint density at radius 1 is 1.30 bits per heavy atom. The topological polar surface area (TPSA) is 84.2 Å². The van der Waals surface area contributed by atoms with E-state index in [4.69, 9.17) is 9.47 Å². The number of carbonyl (C=O) groups excluding carboxylic acids is 1. The molecule has 0 saturated heterocycles. The summed E-state index contributed by atoms with van der Waals surface area (Å²) >= 11 is 0. The van der Waals surface area contributed by atoms with Crippen LogP contribution in [0.15, 0.2) is 48.2 Å². The molecule has 6 nitrogen and oxygen atoms in total. The molecule has 114 valence electrons. The smallest absolute Gasteiger partial charge is 0.262 e. The molecule has 0 aliphatic carbocycles. The quantitative estimate of drug-likeness (QED) is 0.690. The number of hydrogen-bond donors (Lipinski definition) is 1. The summed E-state index contributed by atoms with van der Waals surface area (Å²) < 4.78 is 10.5. The number of ether oxygens (including phenoxy) is 2. The number of fused-ring (bicyclic) bond motifs is 1. The Morgan fingerprint density at radius 3 is 2.96 bits per heavy atom. The molecule has 0 bridgehead atoms. The molecule has 0 spiro atoms. The van der Waals surface area contributed by atoms with Crippen LogP contribution in [0.25, 0.3) is 6.08 Å². The number of carbonyl (C=O) groups is 1. The average Bonchev–Trinajstić information content (AvgIpc) is 3.06. The highest BCUT2D eigenvalue weighted by atomic mass is 16.7. The van der Waals surface area contributed by atoms with Gasteiger partial charge in [0.05, 0.1) is 12.2 Å². The van der Waals surface area contributed by atoms with E-state index >= 15 is 0 Å². The van der Waals surface area contributed by atoms with Gasteiger partial charge in [-0.1, -0.05) is 12.1 Å². The summed E-state index contributed by atoms with van der Waals surface area (Å²) in [6.45, 7) is 0.442. The third-order valence-corrected chi connectivity index (χ3v) is 3.23. The van der Waals surface area contributed by atoms with Gasteiger partial charge in [0.1, 0.15) is 11.6 Å². The van der Waals surface area contributed by atoms with Crippen LogP contribution in [-0.2, 0) is 11.3 Å². The Bertz CT molecular complexity index is 794. The molecule has 2 aromatic rings. The molecule has 1 amide bonds. The number of benzene rings is 1. The van der Waals surface area contributed by atoms with Crippen LogP contribution in [0.1, 0.15) is 11.3 Å². The van der Waals surface area contributed by atoms with Crippen molar-refractivity contribution in [1.29, 1.82) is 5.26 Å². The van der Waals surface area contributed by atoms with E-state index in [1.807, 2.05) is 12.1 Å². The predicted molar refractivity (Wildman–Crippen MR) is 82.2 cm³/mol. The lowest BCUT2D eigenvalue weighted by Crippen LogP contribution is -2.24. The van der Waals surface area contributed by atoms with Crippen molar-refractivity contribution in [3.8, 4) is 17.6 Å². The first kappa shape index (κ1) is 14.6. The standard InChI is InChI=1S/C17H13N3O3/c18-9-13(17(21)20-10-14-3-1-2-6-19-14)7-12-4-5-15-16(8-12)23-11-22-15/h1-8H,10-11H2,(H,20,21)/b13-7+. The number of nitriles is 1. The highest BCUT2D eigenvalue weighted by molar-refractivity contribution is 6.01. The predicted octanol–water partition coefficient (Wildman–Crippen LogP) is 2.03. The van der Waals surface area contributed by atoms with E-state index in [9.17, 15) is 10.1 Å². The number of pyridine rings is 1. The molecule has 1 N–H and O–H groups in total. The van der Waals surface area contributed by atoms with Crippen LogP contribution in [0.4, 0.5) is 0 Å². The van der Waals surface area contributed by atoms with Gasteiger partial charge in [-0.3, -0.25) is 9.78 Å². The van der Waals surface area contributed by atoms with Crippen LogP contribution in [0.3, 0.4) is 0 Å². The molecular formula is C17H13N3O3. The number of hydrogen-bond acceptors (Lipinski definition) is 5. The van der Waals surface area contributed by atoms with Crippen LogP contribution in [0, 0.1) is 11.3 Å². The second-order valence-electron chi connectivity index (χ2n) is 4.79. The van der Waals surface area contributed by atoms with E-state index in [0.717, 1.165) is 5.69 Å². The second-order valence-corrected chi connectivity index (χ2v) is 4.79. The van der Waals surface area contributed by atoms with E-state index in [0.29, 0.717) is 17.1 Å². The van der Waals surface area contributed by atoms with E-state index < -0.39 is 5.91 Å². The largest absolute Gasteiger partial charge is 0.454 e. The summed E-state index contributed by atoms with van der Waals surface area (Å²) in [4.78, 5) is 16.2. The summed E-state index contributed by atoms with van der Waals surface area (Å²) in [5.41, 5.74) is 1.43. The van der Waals surface area contributed by atoms with Gasteiger partial charge in [0, 0.05) is 6.20 Å². The van der Waals surface area contributed by atoms with E-state index in [1.54, 1.807) is 36.5 Å². The molecule has 23 heavy (non-hydrogen) atoms. The monoisotopic (exact) mass is 307 g/mol. The van der Waals surface area contributed by atoms with Crippen molar-refractivity contribution in [1.82, 2.24) is 10.3 Å². The zero-order chi connectivity index (χ0) is 16.1. The molecule has 6 heteroatoms. The summed E-state index contributed by atoms with van der Waals surface area (Å²) in [6.07, 6.45) is 3.16. The molecule has 1 aliphatic rings.